The van der Waals surface area contributed by atoms with Gasteiger partial charge in [-0.2, -0.15) is 0 Å². The van der Waals surface area contributed by atoms with Crippen molar-refractivity contribution in [3.05, 3.63) is 12.2 Å². The molecule has 5 atom stereocenters. The summed E-state index contributed by atoms with van der Waals surface area (Å²) in [4.78, 5) is 26.2. The molecule has 1 saturated carbocycles. The van der Waals surface area contributed by atoms with Crippen molar-refractivity contribution in [3.63, 3.8) is 0 Å². The van der Waals surface area contributed by atoms with Crippen LogP contribution in [-0.4, -0.2) is 35.0 Å². The number of likely N-dealkylation sites (tertiary alicyclic amines) is 1. The van der Waals surface area contributed by atoms with Gasteiger partial charge in [0.05, 0.1) is 11.8 Å². The van der Waals surface area contributed by atoms with Crippen LogP contribution in [0.1, 0.15) is 32.6 Å². The second-order valence-electron chi connectivity index (χ2n) is 6.70. The quantitative estimate of drug-likeness (QED) is 0.787. The Hall–Kier alpha value is -1.32. The highest BCUT2D eigenvalue weighted by Crippen LogP contribution is 2.48. The zero-order valence-corrected chi connectivity index (χ0v) is 12.0. The van der Waals surface area contributed by atoms with Gasteiger partial charge in [-0.15, -0.1) is 0 Å². The van der Waals surface area contributed by atoms with Gasteiger partial charge in [-0.1, -0.05) is 19.1 Å². The maximum atomic E-state index is 12.8. The summed E-state index contributed by atoms with van der Waals surface area (Å²) >= 11 is 0. The standard InChI is InChI=1S/C16H23NO3/c1-10-3-2-7-17(8-6-10)15(18)13-11-4-5-12(9-11)14(13)16(19)20/h4-5,10-14H,2-3,6-9H2,1H3,(H,19,20). The van der Waals surface area contributed by atoms with Crippen LogP contribution in [-0.2, 0) is 9.59 Å². The average molecular weight is 277 g/mol. The van der Waals surface area contributed by atoms with Crippen LogP contribution < -0.4 is 0 Å². The predicted octanol–water partition coefficient (Wildman–Crippen LogP) is 2.16. The molecule has 110 valence electrons. The highest BCUT2D eigenvalue weighted by atomic mass is 16.4. The molecule has 3 aliphatic rings. The number of nitrogens with zero attached hydrogens (tertiary/aromatic N) is 1. The topological polar surface area (TPSA) is 57.6 Å². The van der Waals surface area contributed by atoms with Crippen molar-refractivity contribution >= 4 is 11.9 Å². The van der Waals surface area contributed by atoms with E-state index >= 15 is 0 Å². The Labute approximate surface area is 119 Å². The first-order valence-corrected chi connectivity index (χ1v) is 7.78. The van der Waals surface area contributed by atoms with Crippen LogP contribution in [0.2, 0.25) is 0 Å². The molecule has 3 rings (SSSR count). The van der Waals surface area contributed by atoms with Gasteiger partial charge in [-0.05, 0) is 43.4 Å². The van der Waals surface area contributed by atoms with Crippen molar-refractivity contribution in [1.29, 1.82) is 0 Å². The van der Waals surface area contributed by atoms with Crippen LogP contribution >= 0.6 is 0 Å². The molecule has 2 fully saturated rings. The third-order valence-electron chi connectivity index (χ3n) is 5.36. The Kier molecular flexibility index (Phi) is 3.57. The normalized spacial score (nSPS) is 39.9. The first kappa shape index (κ1) is 13.7. The minimum atomic E-state index is -0.802. The van der Waals surface area contributed by atoms with Gasteiger partial charge in [-0.3, -0.25) is 9.59 Å². The summed E-state index contributed by atoms with van der Waals surface area (Å²) in [5.74, 6) is -0.657. The number of amides is 1. The van der Waals surface area contributed by atoms with Crippen molar-refractivity contribution in [1.82, 2.24) is 4.90 Å². The fraction of sp³-hybridized carbons (Fsp3) is 0.750. The number of aliphatic carboxylic acids is 1. The molecule has 0 spiro atoms. The number of fused-ring (bicyclic) bond motifs is 2. The van der Waals surface area contributed by atoms with Gasteiger partial charge in [0.15, 0.2) is 0 Å². The zero-order valence-electron chi connectivity index (χ0n) is 12.0. The van der Waals surface area contributed by atoms with Crippen molar-refractivity contribution in [2.45, 2.75) is 32.6 Å². The molecule has 2 aliphatic carbocycles. The molecule has 1 amide bonds. The summed E-state index contributed by atoms with van der Waals surface area (Å²) in [5.41, 5.74) is 0. The van der Waals surface area contributed by atoms with E-state index in [4.69, 9.17) is 0 Å². The number of allylic oxidation sites excluding steroid dienone is 2. The van der Waals surface area contributed by atoms with E-state index in [1.807, 2.05) is 11.0 Å². The number of carbonyl (C=O) groups excluding carboxylic acids is 1. The predicted molar refractivity (Wildman–Crippen MR) is 74.9 cm³/mol. The molecule has 0 aromatic carbocycles. The van der Waals surface area contributed by atoms with Gasteiger partial charge in [0, 0.05) is 13.1 Å². The van der Waals surface area contributed by atoms with E-state index in [1.54, 1.807) is 0 Å². The Morgan fingerprint density at radius 2 is 1.80 bits per heavy atom. The molecular weight excluding hydrogens is 254 g/mol. The number of carboxylic acid groups (broad SMARTS) is 1. The Balaban J connectivity index is 1.76. The average Bonchev–Trinajstić information content (AvgIpc) is 2.95. The second-order valence-corrected chi connectivity index (χ2v) is 6.70. The molecule has 0 radical (unpaired) electrons. The van der Waals surface area contributed by atoms with Crippen LogP contribution in [0.4, 0.5) is 0 Å². The third-order valence-corrected chi connectivity index (χ3v) is 5.36. The van der Waals surface area contributed by atoms with E-state index in [-0.39, 0.29) is 23.7 Å². The molecule has 1 saturated heterocycles. The van der Waals surface area contributed by atoms with Crippen molar-refractivity contribution < 1.29 is 14.7 Å². The maximum Gasteiger partial charge on any atom is 0.307 e. The molecule has 0 aromatic heterocycles. The van der Waals surface area contributed by atoms with Crippen LogP contribution in [0.3, 0.4) is 0 Å². The molecule has 2 bridgehead atoms. The summed E-state index contributed by atoms with van der Waals surface area (Å²) in [5, 5.41) is 9.45. The highest BCUT2D eigenvalue weighted by molar-refractivity contribution is 5.87. The summed E-state index contributed by atoms with van der Waals surface area (Å²) in [7, 11) is 0. The minimum Gasteiger partial charge on any atom is -0.481 e. The molecule has 1 N–H and O–H groups in total. The van der Waals surface area contributed by atoms with Crippen LogP contribution in [0.15, 0.2) is 12.2 Å². The molecular formula is C16H23NO3. The minimum absolute atomic E-state index is 0.0670. The van der Waals surface area contributed by atoms with E-state index in [1.165, 1.54) is 6.42 Å². The lowest BCUT2D eigenvalue weighted by Crippen LogP contribution is -2.43. The first-order valence-electron chi connectivity index (χ1n) is 7.78. The van der Waals surface area contributed by atoms with Crippen LogP contribution in [0.25, 0.3) is 0 Å². The van der Waals surface area contributed by atoms with E-state index in [0.29, 0.717) is 5.92 Å². The lowest BCUT2D eigenvalue weighted by molar-refractivity contribution is -0.151. The summed E-state index contributed by atoms with van der Waals surface area (Å²) < 4.78 is 0. The molecule has 4 heteroatoms. The zero-order chi connectivity index (χ0) is 14.3. The molecule has 20 heavy (non-hydrogen) atoms. The lowest BCUT2D eigenvalue weighted by atomic mass is 9.82. The van der Waals surface area contributed by atoms with Gasteiger partial charge < -0.3 is 10.0 Å². The van der Waals surface area contributed by atoms with E-state index < -0.39 is 11.9 Å². The fourth-order valence-electron chi connectivity index (χ4n) is 4.19. The summed E-state index contributed by atoms with van der Waals surface area (Å²) in [6.07, 6.45) is 8.16. The number of rotatable bonds is 2. The second kappa shape index (κ2) is 5.23. The third kappa shape index (κ3) is 2.25. The first-order chi connectivity index (χ1) is 9.58. The number of carbonyl (C=O) groups is 2. The summed E-state index contributed by atoms with van der Waals surface area (Å²) in [6, 6.07) is 0. The van der Waals surface area contributed by atoms with Crippen LogP contribution in [0.5, 0.6) is 0 Å². The number of hydrogen-bond acceptors (Lipinski definition) is 2. The summed E-state index contributed by atoms with van der Waals surface area (Å²) in [6.45, 7) is 3.82. The molecule has 1 heterocycles. The van der Waals surface area contributed by atoms with Crippen molar-refractivity contribution in [2.24, 2.45) is 29.6 Å². The number of hydrogen-bond donors (Lipinski definition) is 1. The molecule has 1 aliphatic heterocycles. The SMILES string of the molecule is CC1CCCN(C(=O)C2C3C=CC(C3)C2C(=O)O)CC1. The smallest absolute Gasteiger partial charge is 0.307 e. The van der Waals surface area contributed by atoms with E-state index in [9.17, 15) is 14.7 Å². The van der Waals surface area contributed by atoms with Gasteiger partial charge in [0.1, 0.15) is 0 Å². The van der Waals surface area contributed by atoms with E-state index in [2.05, 4.69) is 13.0 Å². The van der Waals surface area contributed by atoms with Gasteiger partial charge in [0.2, 0.25) is 5.91 Å². The lowest BCUT2D eigenvalue weighted by Gasteiger charge is -2.30. The van der Waals surface area contributed by atoms with Gasteiger partial charge in [0.25, 0.3) is 0 Å². The van der Waals surface area contributed by atoms with E-state index in [0.717, 1.165) is 32.4 Å². The number of carboxylic acids is 1. The Morgan fingerprint density at radius 1 is 1.10 bits per heavy atom. The van der Waals surface area contributed by atoms with Crippen LogP contribution in [0, 0.1) is 29.6 Å². The fourth-order valence-corrected chi connectivity index (χ4v) is 4.19. The largest absolute Gasteiger partial charge is 0.481 e. The molecule has 4 nitrogen and oxygen atoms in total. The van der Waals surface area contributed by atoms with Gasteiger partial charge in [-0.25, -0.2) is 0 Å². The Bertz CT molecular complexity index is 445. The monoisotopic (exact) mass is 277 g/mol. The maximum absolute atomic E-state index is 12.8. The van der Waals surface area contributed by atoms with Gasteiger partial charge >= 0.3 is 5.97 Å². The highest BCUT2D eigenvalue weighted by Gasteiger charge is 2.52. The molecule has 0 aromatic rings. The Morgan fingerprint density at radius 3 is 2.50 bits per heavy atom. The molecule has 5 unspecified atom stereocenters. The van der Waals surface area contributed by atoms with Crippen molar-refractivity contribution in [3.8, 4) is 0 Å². The van der Waals surface area contributed by atoms with Crippen molar-refractivity contribution in [2.75, 3.05) is 13.1 Å².